The second-order valence-corrected chi connectivity index (χ2v) is 9.75. The van der Waals surface area contributed by atoms with Gasteiger partial charge in [-0.15, -0.1) is 0 Å². The molecular weight excluding hydrogens is 423 g/mol. The summed E-state index contributed by atoms with van der Waals surface area (Å²) < 4.78 is 25.5. The number of nitrogens with zero attached hydrogens (tertiary/aromatic N) is 1. The Balaban J connectivity index is 1.61. The molecule has 4 rings (SSSR count). The molecule has 2 atom stereocenters. The third-order valence-corrected chi connectivity index (χ3v) is 6.26. The lowest BCUT2D eigenvalue weighted by Crippen LogP contribution is -2.61. The highest BCUT2D eigenvalue weighted by Gasteiger charge is 2.56. The zero-order valence-electron chi connectivity index (χ0n) is 19.4. The summed E-state index contributed by atoms with van der Waals surface area (Å²) >= 11 is 0. The number of nitrogens with one attached hydrogen (secondary N) is 1. The van der Waals surface area contributed by atoms with Gasteiger partial charge in [-0.05, 0) is 70.2 Å². The molecule has 2 saturated heterocycles. The summed E-state index contributed by atoms with van der Waals surface area (Å²) in [5.74, 6) is 0.147. The number of likely N-dealkylation sites (tertiary alicyclic amines) is 1. The van der Waals surface area contributed by atoms with Gasteiger partial charge in [-0.1, -0.05) is 30.3 Å². The first-order valence-corrected chi connectivity index (χ1v) is 11.5. The predicted octanol–water partition coefficient (Wildman–Crippen LogP) is 5.13. The molecule has 0 bridgehead atoms. The Morgan fingerprint density at radius 3 is 2.70 bits per heavy atom. The summed E-state index contributed by atoms with van der Waals surface area (Å²) in [6.45, 7) is 6.18. The van der Waals surface area contributed by atoms with Crippen LogP contribution in [0.5, 0.6) is 5.75 Å². The van der Waals surface area contributed by atoms with Crippen molar-refractivity contribution in [3.05, 3.63) is 65.5 Å². The van der Waals surface area contributed by atoms with E-state index in [2.05, 4.69) is 5.32 Å². The molecule has 0 radical (unpaired) electrons. The molecule has 2 aliphatic heterocycles. The van der Waals surface area contributed by atoms with Crippen molar-refractivity contribution in [1.29, 1.82) is 0 Å². The van der Waals surface area contributed by atoms with Gasteiger partial charge in [-0.3, -0.25) is 9.69 Å². The van der Waals surface area contributed by atoms with E-state index < -0.39 is 17.2 Å². The van der Waals surface area contributed by atoms with Crippen molar-refractivity contribution >= 4 is 12.0 Å². The zero-order valence-corrected chi connectivity index (χ0v) is 19.4. The number of hydrogen-bond donors (Lipinski definition) is 1. The predicted molar refractivity (Wildman–Crippen MR) is 122 cm³/mol. The number of benzene rings is 2. The molecule has 7 heteroatoms. The van der Waals surface area contributed by atoms with Gasteiger partial charge in [0.1, 0.15) is 29.3 Å². The molecule has 2 aromatic carbocycles. The van der Waals surface area contributed by atoms with Gasteiger partial charge in [-0.25, -0.2) is 9.18 Å². The topological polar surface area (TPSA) is 67.9 Å². The van der Waals surface area contributed by atoms with Crippen LogP contribution in [0, 0.1) is 5.82 Å². The van der Waals surface area contributed by atoms with Gasteiger partial charge in [0, 0.05) is 12.1 Å². The number of ether oxygens (including phenoxy) is 2. The second kappa shape index (κ2) is 9.04. The van der Waals surface area contributed by atoms with E-state index in [-0.39, 0.29) is 24.4 Å². The van der Waals surface area contributed by atoms with Crippen LogP contribution >= 0.6 is 0 Å². The molecule has 2 aromatic rings. The fourth-order valence-corrected chi connectivity index (χ4v) is 4.77. The Bertz CT molecular complexity index is 1030. The average molecular weight is 455 g/mol. The van der Waals surface area contributed by atoms with Crippen LogP contribution in [0.15, 0.2) is 48.5 Å². The van der Waals surface area contributed by atoms with E-state index in [0.29, 0.717) is 37.1 Å². The van der Waals surface area contributed by atoms with Crippen LogP contribution in [0.25, 0.3) is 0 Å². The molecule has 0 saturated carbocycles. The summed E-state index contributed by atoms with van der Waals surface area (Å²) in [7, 11) is 0. The quantitative estimate of drug-likeness (QED) is 0.696. The monoisotopic (exact) mass is 454 g/mol. The first kappa shape index (κ1) is 23.1. The van der Waals surface area contributed by atoms with Crippen LogP contribution in [0.1, 0.15) is 63.6 Å². The van der Waals surface area contributed by atoms with E-state index in [1.54, 1.807) is 29.2 Å². The van der Waals surface area contributed by atoms with E-state index in [1.807, 2.05) is 39.0 Å². The maximum Gasteiger partial charge on any atom is 0.411 e. The fourth-order valence-electron chi connectivity index (χ4n) is 4.77. The van der Waals surface area contributed by atoms with E-state index in [9.17, 15) is 14.0 Å². The van der Waals surface area contributed by atoms with Crippen molar-refractivity contribution in [1.82, 2.24) is 10.2 Å². The smallest absolute Gasteiger partial charge is 0.411 e. The third kappa shape index (κ3) is 4.82. The van der Waals surface area contributed by atoms with Gasteiger partial charge in [-0.2, -0.15) is 0 Å². The summed E-state index contributed by atoms with van der Waals surface area (Å²) in [4.78, 5) is 28.0. The van der Waals surface area contributed by atoms with Crippen molar-refractivity contribution in [3.8, 4) is 5.75 Å². The van der Waals surface area contributed by atoms with E-state index in [1.165, 1.54) is 6.07 Å². The highest BCUT2D eigenvalue weighted by molar-refractivity contribution is 5.91. The molecule has 2 amide bonds. The maximum atomic E-state index is 14.0. The van der Waals surface area contributed by atoms with Gasteiger partial charge in [0.25, 0.3) is 0 Å². The molecule has 33 heavy (non-hydrogen) atoms. The molecule has 176 valence electrons. The molecular formula is C26H31FN2O4. The molecule has 0 aromatic heterocycles. The second-order valence-electron chi connectivity index (χ2n) is 9.75. The standard InChI is InChI=1S/C26H31FN2O4/c1-25(2,3)33-24(31)29-22(12-14-26(29)13-7-15-28-23(26)30)18-9-6-10-20(16-18)32-17-19-8-4-5-11-21(19)27/h4-6,8-11,16,22H,7,12-15,17H2,1-3H3,(H,28,30)/t22-,26-/m0/s1. The number of hydrogen-bond acceptors (Lipinski definition) is 4. The third-order valence-electron chi connectivity index (χ3n) is 6.26. The van der Waals surface area contributed by atoms with E-state index in [4.69, 9.17) is 9.47 Å². The molecule has 1 spiro atoms. The van der Waals surface area contributed by atoms with Gasteiger partial charge < -0.3 is 14.8 Å². The summed E-state index contributed by atoms with van der Waals surface area (Å²) in [6.07, 6.45) is 2.15. The lowest BCUT2D eigenvalue weighted by Gasteiger charge is -2.42. The van der Waals surface area contributed by atoms with Crippen LogP contribution in [-0.2, 0) is 16.1 Å². The van der Waals surface area contributed by atoms with Crippen molar-refractivity contribution in [2.45, 2.75) is 70.2 Å². The number of carbonyl (C=O) groups is 2. The van der Waals surface area contributed by atoms with Crippen LogP contribution in [0.3, 0.4) is 0 Å². The van der Waals surface area contributed by atoms with Crippen LogP contribution in [0.4, 0.5) is 9.18 Å². The lowest BCUT2D eigenvalue weighted by molar-refractivity contribution is -0.135. The Morgan fingerprint density at radius 2 is 1.97 bits per heavy atom. The first-order valence-electron chi connectivity index (χ1n) is 11.5. The van der Waals surface area contributed by atoms with Crippen LogP contribution in [-0.4, -0.2) is 34.6 Å². The van der Waals surface area contributed by atoms with Crippen molar-refractivity contribution in [2.75, 3.05) is 6.54 Å². The lowest BCUT2D eigenvalue weighted by atomic mass is 9.87. The van der Waals surface area contributed by atoms with Crippen molar-refractivity contribution in [2.24, 2.45) is 0 Å². The Labute approximate surface area is 194 Å². The van der Waals surface area contributed by atoms with E-state index in [0.717, 1.165) is 12.0 Å². The zero-order chi connectivity index (χ0) is 23.6. The normalized spacial score (nSPS) is 22.8. The number of amides is 2. The van der Waals surface area contributed by atoms with E-state index >= 15 is 0 Å². The molecule has 2 aliphatic rings. The Morgan fingerprint density at radius 1 is 1.18 bits per heavy atom. The largest absolute Gasteiger partial charge is 0.489 e. The summed E-state index contributed by atoms with van der Waals surface area (Å²) in [5.41, 5.74) is -0.254. The Kier molecular flexibility index (Phi) is 6.32. The molecule has 1 N–H and O–H groups in total. The number of piperidine rings is 1. The maximum absolute atomic E-state index is 14.0. The molecule has 0 unspecified atom stereocenters. The van der Waals surface area contributed by atoms with Gasteiger partial charge in [0.2, 0.25) is 5.91 Å². The molecule has 2 heterocycles. The summed E-state index contributed by atoms with van der Waals surface area (Å²) in [5, 5.41) is 2.94. The SMILES string of the molecule is CC(C)(C)OC(=O)N1[C@H](c2cccc(OCc3ccccc3F)c2)CC[C@]12CCCNC2=O. The minimum Gasteiger partial charge on any atom is -0.489 e. The fraction of sp³-hybridized carbons (Fsp3) is 0.462. The first-order chi connectivity index (χ1) is 15.7. The number of rotatable bonds is 4. The number of halogens is 1. The van der Waals surface area contributed by atoms with Crippen LogP contribution in [0.2, 0.25) is 0 Å². The highest BCUT2D eigenvalue weighted by Crippen LogP contribution is 2.47. The average Bonchev–Trinajstić information content (AvgIpc) is 3.15. The van der Waals surface area contributed by atoms with Crippen molar-refractivity contribution < 1.29 is 23.5 Å². The Hall–Kier alpha value is -3.09. The minimum absolute atomic E-state index is 0.100. The van der Waals surface area contributed by atoms with Gasteiger partial charge in [0.15, 0.2) is 0 Å². The molecule has 2 fully saturated rings. The van der Waals surface area contributed by atoms with Crippen molar-refractivity contribution in [3.63, 3.8) is 0 Å². The van der Waals surface area contributed by atoms with Crippen LogP contribution < -0.4 is 10.1 Å². The summed E-state index contributed by atoms with van der Waals surface area (Å²) in [6, 6.07) is 13.6. The molecule has 6 nitrogen and oxygen atoms in total. The number of carbonyl (C=O) groups excluding carboxylic acids is 2. The molecule has 0 aliphatic carbocycles. The van der Waals surface area contributed by atoms with Gasteiger partial charge >= 0.3 is 6.09 Å². The highest BCUT2D eigenvalue weighted by atomic mass is 19.1. The minimum atomic E-state index is -0.907. The van der Waals surface area contributed by atoms with Gasteiger partial charge in [0.05, 0.1) is 6.04 Å².